The van der Waals surface area contributed by atoms with Crippen molar-refractivity contribution in [2.45, 2.75) is 19.4 Å². The monoisotopic (exact) mass is 420 g/mol. The highest BCUT2D eigenvalue weighted by molar-refractivity contribution is 6.33. The summed E-state index contributed by atoms with van der Waals surface area (Å²) in [5.74, 6) is 1.08. The molecule has 0 amide bonds. The van der Waals surface area contributed by atoms with Gasteiger partial charge in [0.1, 0.15) is 11.6 Å². The van der Waals surface area contributed by atoms with Crippen LogP contribution in [0.5, 0.6) is 0 Å². The Labute approximate surface area is 178 Å². The van der Waals surface area contributed by atoms with Crippen LogP contribution in [0.3, 0.4) is 0 Å². The van der Waals surface area contributed by atoms with Crippen LogP contribution in [0.15, 0.2) is 61.4 Å². The quantitative estimate of drug-likeness (QED) is 0.418. The first-order chi connectivity index (χ1) is 14.6. The van der Waals surface area contributed by atoms with Gasteiger partial charge < -0.3 is 15.6 Å². The lowest BCUT2D eigenvalue weighted by molar-refractivity contribution is 0.0982. The molecule has 0 radical (unpaired) electrons. The van der Waals surface area contributed by atoms with Gasteiger partial charge in [0.25, 0.3) is 0 Å². The van der Waals surface area contributed by atoms with Crippen LogP contribution in [0.4, 0.5) is 11.6 Å². The molecule has 0 fully saturated rings. The number of ketones is 1. The van der Waals surface area contributed by atoms with E-state index in [-0.39, 0.29) is 5.78 Å². The fourth-order valence-electron chi connectivity index (χ4n) is 3.25. The molecule has 152 valence electrons. The zero-order valence-electron chi connectivity index (χ0n) is 16.3. The molecule has 0 aliphatic rings. The van der Waals surface area contributed by atoms with Crippen molar-refractivity contribution in [1.29, 1.82) is 0 Å². The number of halogens is 1. The normalized spacial score (nSPS) is 11.0. The number of carbonyl (C=O) groups is 1. The van der Waals surface area contributed by atoms with Gasteiger partial charge in [0.2, 0.25) is 0 Å². The Morgan fingerprint density at radius 3 is 2.87 bits per heavy atom. The number of hydrogen-bond acceptors (Lipinski definition) is 6. The highest BCUT2D eigenvalue weighted by Gasteiger charge is 2.11. The van der Waals surface area contributed by atoms with Crippen LogP contribution in [0, 0.1) is 0 Å². The average Bonchev–Trinajstić information content (AvgIpc) is 3.27. The predicted molar refractivity (Wildman–Crippen MR) is 119 cm³/mol. The number of aromatic nitrogens is 4. The number of nitrogens with one attached hydrogen (secondary N) is 1. The molecular weight excluding hydrogens is 400 g/mol. The molecule has 7 nitrogen and oxygen atoms in total. The van der Waals surface area contributed by atoms with Gasteiger partial charge in [-0.3, -0.25) is 4.79 Å². The molecule has 3 N–H and O–H groups in total. The van der Waals surface area contributed by atoms with Gasteiger partial charge in [-0.05, 0) is 29.5 Å². The number of anilines is 2. The number of nitrogens with two attached hydrogens (primary N) is 1. The van der Waals surface area contributed by atoms with Gasteiger partial charge >= 0.3 is 0 Å². The maximum Gasteiger partial charge on any atom is 0.164 e. The third-order valence-corrected chi connectivity index (χ3v) is 5.17. The number of pyridine rings is 2. The molecule has 0 aliphatic carbocycles. The second kappa shape index (κ2) is 8.92. The topological polar surface area (TPSA) is 98.7 Å². The van der Waals surface area contributed by atoms with Gasteiger partial charge in [-0.2, -0.15) is 0 Å². The number of rotatable bonds is 8. The van der Waals surface area contributed by atoms with Gasteiger partial charge in [-0.15, -0.1) is 0 Å². The molecule has 4 aromatic rings. The number of nitrogens with zero attached hydrogens (tertiary/aromatic N) is 4. The Kier molecular flexibility index (Phi) is 5.90. The van der Waals surface area contributed by atoms with E-state index < -0.39 is 0 Å². The largest absolute Gasteiger partial charge is 0.383 e. The molecular formula is C22H21ClN6O. The van der Waals surface area contributed by atoms with Crippen molar-refractivity contribution in [3.05, 3.63) is 77.6 Å². The number of aryl methyl sites for hydroxylation is 1. The molecule has 3 aromatic heterocycles. The van der Waals surface area contributed by atoms with Crippen molar-refractivity contribution in [2.75, 3.05) is 17.6 Å². The maximum atomic E-state index is 12.6. The Bertz CT molecular complexity index is 1180. The van der Waals surface area contributed by atoms with Crippen LogP contribution in [0.2, 0.25) is 5.02 Å². The summed E-state index contributed by atoms with van der Waals surface area (Å²) in [6, 6.07) is 9.55. The molecule has 30 heavy (non-hydrogen) atoms. The van der Waals surface area contributed by atoms with Gasteiger partial charge in [0.05, 0.1) is 11.3 Å². The summed E-state index contributed by atoms with van der Waals surface area (Å²) in [7, 11) is 0. The Hall–Kier alpha value is -3.45. The lowest BCUT2D eigenvalue weighted by atomic mass is 10.0. The SMILES string of the molecule is Nc1nccc2cc(CCC(=O)c3cnc(NCCn4ccnc4)c(Cl)c3)ccc12. The summed E-state index contributed by atoms with van der Waals surface area (Å²) in [6.45, 7) is 1.39. The van der Waals surface area contributed by atoms with Gasteiger partial charge in [-0.25, -0.2) is 15.0 Å². The van der Waals surface area contributed by atoms with Crippen molar-refractivity contribution in [1.82, 2.24) is 19.5 Å². The average molecular weight is 421 g/mol. The van der Waals surface area contributed by atoms with Crippen molar-refractivity contribution in [3.8, 4) is 0 Å². The van der Waals surface area contributed by atoms with E-state index in [1.807, 2.05) is 35.0 Å². The van der Waals surface area contributed by atoms with E-state index in [1.54, 1.807) is 31.0 Å². The van der Waals surface area contributed by atoms with Crippen molar-refractivity contribution >= 4 is 39.8 Å². The van der Waals surface area contributed by atoms with Crippen LogP contribution in [-0.2, 0) is 13.0 Å². The number of benzene rings is 1. The van der Waals surface area contributed by atoms with E-state index in [9.17, 15) is 4.79 Å². The first-order valence-electron chi connectivity index (χ1n) is 9.61. The van der Waals surface area contributed by atoms with Crippen molar-refractivity contribution in [3.63, 3.8) is 0 Å². The van der Waals surface area contributed by atoms with E-state index in [0.29, 0.717) is 41.6 Å². The zero-order valence-corrected chi connectivity index (χ0v) is 17.0. The Morgan fingerprint density at radius 1 is 1.17 bits per heavy atom. The van der Waals surface area contributed by atoms with Crippen LogP contribution in [0.25, 0.3) is 10.8 Å². The number of fused-ring (bicyclic) bond motifs is 1. The summed E-state index contributed by atoms with van der Waals surface area (Å²) in [5.41, 5.74) is 7.47. The summed E-state index contributed by atoms with van der Waals surface area (Å²) in [5, 5.41) is 5.54. The number of nitrogen functional groups attached to an aromatic ring is 1. The van der Waals surface area contributed by atoms with Crippen LogP contribution in [-0.4, -0.2) is 31.8 Å². The van der Waals surface area contributed by atoms with Gasteiger partial charge in [0.15, 0.2) is 5.78 Å². The number of Topliss-reactive ketones (excluding diaryl/α,β-unsaturated/α-hetero) is 1. The molecule has 8 heteroatoms. The fourth-order valence-corrected chi connectivity index (χ4v) is 3.48. The molecule has 0 aliphatic heterocycles. The molecule has 4 rings (SSSR count). The highest BCUT2D eigenvalue weighted by Crippen LogP contribution is 2.23. The standard InChI is InChI=1S/C22H21ClN6O/c23-19-12-17(13-28-22(19)27-8-10-29-9-7-25-14-29)20(30)4-2-15-1-3-18-16(11-15)5-6-26-21(18)24/h1,3,5-7,9,11-14H,2,4,8,10H2,(H2,24,26)(H,27,28). The smallest absolute Gasteiger partial charge is 0.164 e. The first kappa shape index (κ1) is 19.8. The van der Waals surface area contributed by atoms with Gasteiger partial charge in [-0.1, -0.05) is 29.8 Å². The molecule has 0 spiro atoms. The Balaban J connectivity index is 1.35. The summed E-state index contributed by atoms with van der Waals surface area (Å²) in [4.78, 5) is 25.0. The van der Waals surface area contributed by atoms with E-state index in [2.05, 4.69) is 20.3 Å². The predicted octanol–water partition coefficient (Wildman–Crippen LogP) is 3.99. The van der Waals surface area contributed by atoms with E-state index in [4.69, 9.17) is 17.3 Å². The molecule has 0 atom stereocenters. The lowest BCUT2D eigenvalue weighted by Gasteiger charge is -2.09. The second-order valence-electron chi connectivity index (χ2n) is 6.96. The molecule has 0 saturated heterocycles. The minimum Gasteiger partial charge on any atom is -0.383 e. The molecule has 0 unspecified atom stereocenters. The zero-order chi connectivity index (χ0) is 20.9. The fraction of sp³-hybridized carbons (Fsp3) is 0.182. The first-order valence-corrected chi connectivity index (χ1v) is 9.99. The van der Waals surface area contributed by atoms with Crippen LogP contribution >= 0.6 is 11.6 Å². The van der Waals surface area contributed by atoms with Gasteiger partial charge in [0, 0.05) is 55.2 Å². The van der Waals surface area contributed by atoms with E-state index in [1.165, 1.54) is 0 Å². The second-order valence-corrected chi connectivity index (χ2v) is 7.36. The van der Waals surface area contributed by atoms with E-state index >= 15 is 0 Å². The Morgan fingerprint density at radius 2 is 2.07 bits per heavy atom. The van der Waals surface area contributed by atoms with Crippen molar-refractivity contribution in [2.24, 2.45) is 0 Å². The summed E-state index contributed by atoms with van der Waals surface area (Å²) in [6.07, 6.45) is 9.62. The molecule has 0 bridgehead atoms. The number of hydrogen-bond donors (Lipinski definition) is 2. The number of imidazole rings is 1. The maximum absolute atomic E-state index is 12.6. The highest BCUT2D eigenvalue weighted by atomic mass is 35.5. The minimum atomic E-state index is 0.00343. The van der Waals surface area contributed by atoms with Crippen molar-refractivity contribution < 1.29 is 4.79 Å². The number of carbonyl (C=O) groups excluding carboxylic acids is 1. The van der Waals surface area contributed by atoms with E-state index in [0.717, 1.165) is 22.9 Å². The third kappa shape index (κ3) is 4.58. The lowest BCUT2D eigenvalue weighted by Crippen LogP contribution is -2.11. The van der Waals surface area contributed by atoms with Crippen LogP contribution in [0.1, 0.15) is 22.3 Å². The molecule has 0 saturated carbocycles. The molecule has 3 heterocycles. The summed E-state index contributed by atoms with van der Waals surface area (Å²) >= 11 is 6.32. The third-order valence-electron chi connectivity index (χ3n) is 4.89. The molecule has 1 aromatic carbocycles. The van der Waals surface area contributed by atoms with Crippen LogP contribution < -0.4 is 11.1 Å². The summed E-state index contributed by atoms with van der Waals surface area (Å²) < 4.78 is 1.95. The minimum absolute atomic E-state index is 0.00343.